The fourth-order valence-electron chi connectivity index (χ4n) is 3.35. The van der Waals surface area contributed by atoms with Crippen molar-refractivity contribution in [3.63, 3.8) is 0 Å². The minimum Gasteiger partial charge on any atom is -0.497 e. The predicted octanol–water partition coefficient (Wildman–Crippen LogP) is 3.88. The molecule has 0 saturated carbocycles. The Bertz CT molecular complexity index is 984. The van der Waals surface area contributed by atoms with Gasteiger partial charge in [-0.1, -0.05) is 15.9 Å². The maximum Gasteiger partial charge on any atom is 0.253 e. The summed E-state index contributed by atoms with van der Waals surface area (Å²) in [7, 11) is 1.65. The van der Waals surface area contributed by atoms with E-state index in [0.29, 0.717) is 18.7 Å². The van der Waals surface area contributed by atoms with Crippen LogP contribution in [-0.4, -0.2) is 54.1 Å². The Morgan fingerprint density at radius 2 is 1.66 bits per heavy atom. The molecule has 2 heterocycles. The topological polar surface area (TPSA) is 58.6 Å². The molecule has 1 saturated heterocycles. The number of nitrogens with zero attached hydrogens (tertiary/aromatic N) is 4. The maximum atomic E-state index is 12.7. The van der Waals surface area contributed by atoms with Crippen molar-refractivity contribution in [1.29, 1.82) is 0 Å². The number of amides is 1. The van der Waals surface area contributed by atoms with Crippen LogP contribution in [0.4, 0.5) is 5.82 Å². The molecule has 7 heteroatoms. The predicted molar refractivity (Wildman–Crippen MR) is 116 cm³/mol. The van der Waals surface area contributed by atoms with Crippen molar-refractivity contribution in [2.24, 2.45) is 0 Å². The number of carbonyl (C=O) groups excluding carboxylic acids is 1. The second-order valence-electron chi connectivity index (χ2n) is 6.78. The highest BCUT2D eigenvalue weighted by Gasteiger charge is 2.23. The van der Waals surface area contributed by atoms with E-state index in [0.717, 1.165) is 40.4 Å². The summed E-state index contributed by atoms with van der Waals surface area (Å²) in [4.78, 5) is 25.6. The third-order valence-corrected chi connectivity index (χ3v) is 5.55. The number of hydrogen-bond acceptors (Lipinski definition) is 5. The molecule has 0 N–H and O–H groups in total. The van der Waals surface area contributed by atoms with Gasteiger partial charge < -0.3 is 14.5 Å². The van der Waals surface area contributed by atoms with Crippen molar-refractivity contribution in [2.45, 2.75) is 0 Å². The Morgan fingerprint density at radius 3 is 2.31 bits per heavy atom. The van der Waals surface area contributed by atoms with Crippen LogP contribution in [0.25, 0.3) is 11.3 Å². The van der Waals surface area contributed by atoms with Crippen LogP contribution in [0.5, 0.6) is 5.75 Å². The molecule has 0 radical (unpaired) electrons. The molecule has 1 aliphatic heterocycles. The van der Waals surface area contributed by atoms with Gasteiger partial charge in [-0.15, -0.1) is 0 Å². The molecule has 1 fully saturated rings. The lowest BCUT2D eigenvalue weighted by atomic mass is 10.1. The van der Waals surface area contributed by atoms with Gasteiger partial charge in [-0.25, -0.2) is 9.97 Å². The van der Waals surface area contributed by atoms with Gasteiger partial charge in [0.15, 0.2) is 0 Å². The van der Waals surface area contributed by atoms with Crippen LogP contribution < -0.4 is 9.64 Å². The molecule has 29 heavy (non-hydrogen) atoms. The quantitative estimate of drug-likeness (QED) is 0.600. The van der Waals surface area contributed by atoms with Gasteiger partial charge in [0.25, 0.3) is 5.91 Å². The summed E-state index contributed by atoms with van der Waals surface area (Å²) in [5.41, 5.74) is 2.59. The molecule has 0 spiro atoms. The first-order chi connectivity index (χ1) is 14.1. The number of ether oxygens (including phenoxy) is 1. The van der Waals surface area contributed by atoms with Crippen molar-refractivity contribution in [3.05, 3.63) is 71.0 Å². The zero-order valence-corrected chi connectivity index (χ0v) is 17.7. The Hall–Kier alpha value is -2.93. The molecule has 1 aromatic heterocycles. The molecule has 2 aromatic carbocycles. The molecule has 1 aliphatic rings. The van der Waals surface area contributed by atoms with Crippen molar-refractivity contribution in [1.82, 2.24) is 14.9 Å². The summed E-state index contributed by atoms with van der Waals surface area (Å²) < 4.78 is 6.18. The van der Waals surface area contributed by atoms with Crippen LogP contribution in [0.15, 0.2) is 65.4 Å². The van der Waals surface area contributed by atoms with Crippen LogP contribution in [-0.2, 0) is 0 Å². The van der Waals surface area contributed by atoms with Gasteiger partial charge in [0.2, 0.25) is 0 Å². The van der Waals surface area contributed by atoms with Crippen LogP contribution in [0, 0.1) is 0 Å². The van der Waals surface area contributed by atoms with E-state index >= 15 is 0 Å². The molecule has 6 nitrogen and oxygen atoms in total. The molecular formula is C22H21BrN4O2. The summed E-state index contributed by atoms with van der Waals surface area (Å²) in [6, 6.07) is 17.3. The van der Waals surface area contributed by atoms with Crippen molar-refractivity contribution >= 4 is 27.7 Å². The van der Waals surface area contributed by atoms with Gasteiger partial charge in [0.1, 0.15) is 17.9 Å². The smallest absolute Gasteiger partial charge is 0.253 e. The lowest BCUT2D eigenvalue weighted by Gasteiger charge is -2.35. The van der Waals surface area contributed by atoms with Gasteiger partial charge >= 0.3 is 0 Å². The number of anilines is 1. The van der Waals surface area contributed by atoms with E-state index in [2.05, 4.69) is 30.8 Å². The molecular weight excluding hydrogens is 432 g/mol. The summed E-state index contributed by atoms with van der Waals surface area (Å²) in [6.07, 6.45) is 1.59. The van der Waals surface area contributed by atoms with Gasteiger partial charge in [0.05, 0.1) is 12.8 Å². The van der Waals surface area contributed by atoms with E-state index < -0.39 is 0 Å². The maximum absolute atomic E-state index is 12.7. The number of halogens is 1. The molecule has 148 valence electrons. The number of methoxy groups -OCH3 is 1. The van der Waals surface area contributed by atoms with Gasteiger partial charge in [-0.2, -0.15) is 0 Å². The number of rotatable bonds is 4. The highest BCUT2D eigenvalue weighted by molar-refractivity contribution is 9.10. The third-order valence-electron chi connectivity index (χ3n) is 5.02. The van der Waals surface area contributed by atoms with Crippen LogP contribution in [0.1, 0.15) is 10.4 Å². The minimum absolute atomic E-state index is 0.0683. The van der Waals surface area contributed by atoms with Crippen LogP contribution >= 0.6 is 15.9 Å². The first-order valence-corrected chi connectivity index (χ1v) is 10.2. The van der Waals surface area contributed by atoms with Crippen LogP contribution in [0.3, 0.4) is 0 Å². The Labute approximate surface area is 178 Å². The van der Waals surface area contributed by atoms with Crippen LogP contribution in [0.2, 0.25) is 0 Å². The number of benzene rings is 2. The molecule has 0 atom stereocenters. The number of carbonyl (C=O) groups is 1. The van der Waals surface area contributed by atoms with E-state index in [4.69, 9.17) is 4.74 Å². The molecule has 3 aromatic rings. The van der Waals surface area contributed by atoms with Gasteiger partial charge in [-0.05, 0) is 48.5 Å². The summed E-state index contributed by atoms with van der Waals surface area (Å²) in [6.45, 7) is 2.80. The second-order valence-corrected chi connectivity index (χ2v) is 7.69. The van der Waals surface area contributed by atoms with Gasteiger partial charge in [0, 0.05) is 47.8 Å². The largest absolute Gasteiger partial charge is 0.497 e. The van der Waals surface area contributed by atoms with E-state index in [9.17, 15) is 4.79 Å². The number of hydrogen-bond donors (Lipinski definition) is 0. The normalized spacial score (nSPS) is 14.0. The average molecular weight is 453 g/mol. The Balaban J connectivity index is 1.43. The molecule has 1 amide bonds. The molecule has 0 aliphatic carbocycles. The Morgan fingerprint density at radius 1 is 0.966 bits per heavy atom. The zero-order valence-electron chi connectivity index (χ0n) is 16.1. The summed E-state index contributed by atoms with van der Waals surface area (Å²) >= 11 is 3.40. The first-order valence-electron chi connectivity index (χ1n) is 9.40. The SMILES string of the molecule is COc1ccc(-c2cc(N3CCN(C(=O)c4ccc(Br)cc4)CC3)ncn2)cc1. The molecule has 0 unspecified atom stereocenters. The van der Waals surface area contributed by atoms with Crippen molar-refractivity contribution in [3.8, 4) is 17.0 Å². The monoisotopic (exact) mass is 452 g/mol. The highest BCUT2D eigenvalue weighted by atomic mass is 79.9. The minimum atomic E-state index is 0.0683. The van der Waals surface area contributed by atoms with Crippen molar-refractivity contribution in [2.75, 3.05) is 38.2 Å². The van der Waals surface area contributed by atoms with E-state index in [1.165, 1.54) is 0 Å². The fourth-order valence-corrected chi connectivity index (χ4v) is 3.62. The number of aromatic nitrogens is 2. The lowest BCUT2D eigenvalue weighted by Crippen LogP contribution is -2.49. The standard InChI is InChI=1S/C22H21BrN4O2/c1-29-19-8-4-16(5-9-19)20-14-21(25-15-24-20)26-10-12-27(13-11-26)22(28)17-2-6-18(23)7-3-17/h2-9,14-15H,10-13H2,1H3. The van der Waals surface area contributed by atoms with Gasteiger partial charge in [-0.3, -0.25) is 4.79 Å². The second kappa shape index (κ2) is 8.61. The summed E-state index contributed by atoms with van der Waals surface area (Å²) in [5.74, 6) is 1.76. The average Bonchev–Trinajstić information content (AvgIpc) is 2.79. The summed E-state index contributed by atoms with van der Waals surface area (Å²) in [5, 5.41) is 0. The first kappa shape index (κ1) is 19.4. The zero-order chi connectivity index (χ0) is 20.2. The fraction of sp³-hybridized carbons (Fsp3) is 0.227. The van der Waals surface area contributed by atoms with Crippen molar-refractivity contribution < 1.29 is 9.53 Å². The lowest BCUT2D eigenvalue weighted by molar-refractivity contribution is 0.0746. The molecule has 4 rings (SSSR count). The third kappa shape index (κ3) is 4.40. The number of piperazine rings is 1. The molecule has 0 bridgehead atoms. The van der Waals surface area contributed by atoms with E-state index in [1.54, 1.807) is 13.4 Å². The Kier molecular flexibility index (Phi) is 5.76. The van der Waals surface area contributed by atoms with E-state index in [1.807, 2.05) is 59.5 Å². The highest BCUT2D eigenvalue weighted by Crippen LogP contribution is 2.24. The van der Waals surface area contributed by atoms with E-state index in [-0.39, 0.29) is 5.91 Å².